The van der Waals surface area contributed by atoms with Gasteiger partial charge in [-0.2, -0.15) is 0 Å². The van der Waals surface area contributed by atoms with Gasteiger partial charge in [0.15, 0.2) is 0 Å². The Labute approximate surface area is 176 Å². The van der Waals surface area contributed by atoms with Gasteiger partial charge in [0.05, 0.1) is 6.04 Å². The van der Waals surface area contributed by atoms with Crippen molar-refractivity contribution in [1.29, 1.82) is 0 Å². The summed E-state index contributed by atoms with van der Waals surface area (Å²) < 4.78 is 0. The van der Waals surface area contributed by atoms with Crippen molar-refractivity contribution in [2.24, 2.45) is 0 Å². The molecule has 2 fully saturated rings. The van der Waals surface area contributed by atoms with E-state index in [2.05, 4.69) is 16.3 Å². The minimum Gasteiger partial charge on any atom is -0.350 e. The Morgan fingerprint density at radius 2 is 1.79 bits per heavy atom. The molecule has 29 heavy (non-hydrogen) atoms. The first-order valence-corrected chi connectivity index (χ1v) is 10.7. The SMILES string of the molecule is O=C(NCC(c1cccc(Cl)c1)N1CCCC1)c1ccc(N2CCCC2=O)cc1. The second-order valence-corrected chi connectivity index (χ2v) is 8.16. The molecule has 0 aromatic heterocycles. The molecular weight excluding hydrogens is 386 g/mol. The Hall–Kier alpha value is -2.37. The number of likely N-dealkylation sites (tertiary alicyclic amines) is 1. The molecule has 152 valence electrons. The number of carbonyl (C=O) groups excluding carboxylic acids is 2. The maximum absolute atomic E-state index is 12.7. The molecule has 2 saturated heterocycles. The summed E-state index contributed by atoms with van der Waals surface area (Å²) in [6, 6.07) is 15.3. The standard InChI is InChI=1S/C23H26ClN3O2/c24-19-6-3-5-18(15-19)21(26-12-1-2-13-26)16-25-23(29)17-8-10-20(11-9-17)27-14-4-7-22(27)28/h3,5-6,8-11,15,21H,1-2,4,7,12-14,16H2,(H,25,29). The van der Waals surface area contributed by atoms with Gasteiger partial charge >= 0.3 is 0 Å². The zero-order chi connectivity index (χ0) is 20.2. The summed E-state index contributed by atoms with van der Waals surface area (Å²) in [6.45, 7) is 3.35. The van der Waals surface area contributed by atoms with E-state index in [1.165, 1.54) is 12.8 Å². The van der Waals surface area contributed by atoms with Crippen molar-refractivity contribution >= 4 is 29.1 Å². The number of benzene rings is 2. The first-order valence-electron chi connectivity index (χ1n) is 10.3. The molecule has 2 aliphatic heterocycles. The first kappa shape index (κ1) is 19.9. The van der Waals surface area contributed by atoms with E-state index in [-0.39, 0.29) is 17.9 Å². The van der Waals surface area contributed by atoms with Gasteiger partial charge in [-0.3, -0.25) is 14.5 Å². The lowest BCUT2D eigenvalue weighted by Gasteiger charge is -2.28. The van der Waals surface area contributed by atoms with Crippen molar-refractivity contribution in [3.8, 4) is 0 Å². The molecule has 2 aliphatic rings. The monoisotopic (exact) mass is 411 g/mol. The van der Waals surface area contributed by atoms with E-state index in [4.69, 9.17) is 11.6 Å². The number of halogens is 1. The van der Waals surface area contributed by atoms with Crippen LogP contribution in [0.25, 0.3) is 0 Å². The number of anilines is 1. The molecule has 5 nitrogen and oxygen atoms in total. The molecule has 1 unspecified atom stereocenters. The average molecular weight is 412 g/mol. The Bertz CT molecular complexity index is 878. The number of nitrogens with one attached hydrogen (secondary N) is 1. The highest BCUT2D eigenvalue weighted by molar-refractivity contribution is 6.30. The predicted molar refractivity (Wildman–Crippen MR) is 115 cm³/mol. The zero-order valence-electron chi connectivity index (χ0n) is 16.4. The molecule has 2 aromatic rings. The molecule has 2 heterocycles. The topological polar surface area (TPSA) is 52.7 Å². The molecule has 1 atom stereocenters. The van der Waals surface area contributed by atoms with Gasteiger partial charge in [-0.05, 0) is 74.3 Å². The summed E-state index contributed by atoms with van der Waals surface area (Å²) >= 11 is 6.20. The molecule has 0 bridgehead atoms. The van der Waals surface area contributed by atoms with E-state index in [0.717, 1.165) is 37.3 Å². The van der Waals surface area contributed by atoms with Gasteiger partial charge in [0.25, 0.3) is 5.91 Å². The number of hydrogen-bond donors (Lipinski definition) is 1. The normalized spacial score (nSPS) is 18.2. The minimum absolute atomic E-state index is 0.101. The number of nitrogens with zero attached hydrogens (tertiary/aromatic N) is 2. The summed E-state index contributed by atoms with van der Waals surface area (Å²) in [5.41, 5.74) is 2.59. The molecule has 1 N–H and O–H groups in total. The maximum atomic E-state index is 12.7. The second kappa shape index (κ2) is 8.97. The van der Waals surface area contributed by atoms with Crippen LogP contribution in [-0.2, 0) is 4.79 Å². The second-order valence-electron chi connectivity index (χ2n) is 7.72. The summed E-state index contributed by atoms with van der Waals surface area (Å²) in [5, 5.41) is 3.80. The largest absolute Gasteiger partial charge is 0.350 e. The molecule has 2 aromatic carbocycles. The Kier molecular flexibility index (Phi) is 6.16. The van der Waals surface area contributed by atoms with Crippen molar-refractivity contribution in [1.82, 2.24) is 10.2 Å². The predicted octanol–water partition coefficient (Wildman–Crippen LogP) is 4.03. The van der Waals surface area contributed by atoms with Crippen LogP contribution in [0.4, 0.5) is 5.69 Å². The van der Waals surface area contributed by atoms with E-state index in [0.29, 0.717) is 23.6 Å². The highest BCUT2D eigenvalue weighted by Crippen LogP contribution is 2.27. The van der Waals surface area contributed by atoms with E-state index in [1.807, 2.05) is 30.3 Å². The van der Waals surface area contributed by atoms with E-state index < -0.39 is 0 Å². The fourth-order valence-corrected chi connectivity index (χ4v) is 4.43. The van der Waals surface area contributed by atoms with Crippen LogP contribution in [0, 0.1) is 0 Å². The molecule has 6 heteroatoms. The van der Waals surface area contributed by atoms with Gasteiger partial charge < -0.3 is 10.2 Å². The van der Waals surface area contributed by atoms with Crippen molar-refractivity contribution < 1.29 is 9.59 Å². The lowest BCUT2D eigenvalue weighted by atomic mass is 10.1. The van der Waals surface area contributed by atoms with Crippen LogP contribution in [0.1, 0.15) is 47.6 Å². The van der Waals surface area contributed by atoms with Gasteiger partial charge in [0.1, 0.15) is 0 Å². The summed E-state index contributed by atoms with van der Waals surface area (Å²) in [7, 11) is 0. The van der Waals surface area contributed by atoms with Crippen molar-refractivity contribution in [3.05, 3.63) is 64.7 Å². The van der Waals surface area contributed by atoms with E-state index >= 15 is 0 Å². The summed E-state index contributed by atoms with van der Waals surface area (Å²) in [6.07, 6.45) is 3.86. The highest BCUT2D eigenvalue weighted by atomic mass is 35.5. The molecule has 4 rings (SSSR count). The Morgan fingerprint density at radius 3 is 2.45 bits per heavy atom. The smallest absolute Gasteiger partial charge is 0.251 e. The van der Waals surface area contributed by atoms with Crippen molar-refractivity contribution in [3.63, 3.8) is 0 Å². The molecule has 0 saturated carbocycles. The Balaban J connectivity index is 1.43. The van der Waals surface area contributed by atoms with Crippen molar-refractivity contribution in [2.75, 3.05) is 31.1 Å². The maximum Gasteiger partial charge on any atom is 0.251 e. The van der Waals surface area contributed by atoms with Crippen LogP contribution in [-0.4, -0.2) is 42.9 Å². The molecule has 0 spiro atoms. The number of amides is 2. The third-order valence-electron chi connectivity index (χ3n) is 5.79. The molecule has 0 radical (unpaired) electrons. The Morgan fingerprint density at radius 1 is 1.03 bits per heavy atom. The summed E-state index contributed by atoms with van der Waals surface area (Å²) in [5.74, 6) is 0.0488. The summed E-state index contributed by atoms with van der Waals surface area (Å²) in [4.78, 5) is 28.8. The van der Waals surface area contributed by atoms with Crippen molar-refractivity contribution in [2.45, 2.75) is 31.7 Å². The van der Waals surface area contributed by atoms with E-state index in [1.54, 1.807) is 17.0 Å². The fourth-order valence-electron chi connectivity index (χ4n) is 4.23. The average Bonchev–Trinajstić information content (AvgIpc) is 3.40. The third kappa shape index (κ3) is 4.62. The molecular formula is C23H26ClN3O2. The van der Waals surface area contributed by atoms with Crippen LogP contribution in [0.2, 0.25) is 5.02 Å². The molecule has 0 aliphatic carbocycles. The number of hydrogen-bond acceptors (Lipinski definition) is 3. The van der Waals surface area contributed by atoms with Crippen LogP contribution in [0.3, 0.4) is 0 Å². The van der Waals surface area contributed by atoms with Crippen LogP contribution in [0.5, 0.6) is 0 Å². The quantitative estimate of drug-likeness (QED) is 0.780. The third-order valence-corrected chi connectivity index (χ3v) is 6.02. The highest BCUT2D eigenvalue weighted by Gasteiger charge is 2.25. The fraction of sp³-hybridized carbons (Fsp3) is 0.391. The van der Waals surface area contributed by atoms with Crippen LogP contribution >= 0.6 is 11.6 Å². The van der Waals surface area contributed by atoms with Gasteiger partial charge in [-0.1, -0.05) is 23.7 Å². The molecule has 2 amide bonds. The van der Waals surface area contributed by atoms with Gasteiger partial charge in [-0.15, -0.1) is 0 Å². The lowest BCUT2D eigenvalue weighted by Crippen LogP contribution is -2.36. The number of rotatable bonds is 6. The van der Waals surface area contributed by atoms with Gasteiger partial charge in [-0.25, -0.2) is 0 Å². The van der Waals surface area contributed by atoms with Gasteiger partial charge in [0, 0.05) is 35.8 Å². The van der Waals surface area contributed by atoms with Crippen LogP contribution < -0.4 is 10.2 Å². The zero-order valence-corrected chi connectivity index (χ0v) is 17.2. The minimum atomic E-state index is -0.101. The number of carbonyl (C=O) groups is 2. The van der Waals surface area contributed by atoms with Gasteiger partial charge in [0.2, 0.25) is 5.91 Å². The van der Waals surface area contributed by atoms with Crippen LogP contribution in [0.15, 0.2) is 48.5 Å². The van der Waals surface area contributed by atoms with E-state index in [9.17, 15) is 9.59 Å². The first-order chi connectivity index (χ1) is 14.1. The lowest BCUT2D eigenvalue weighted by molar-refractivity contribution is -0.117.